The Balaban J connectivity index is 0.727. The highest BCUT2D eigenvalue weighted by molar-refractivity contribution is 5.96. The lowest BCUT2D eigenvalue weighted by molar-refractivity contribution is -0.228. The van der Waals surface area contributed by atoms with Crippen LogP contribution < -0.4 is 18.9 Å². The van der Waals surface area contributed by atoms with Gasteiger partial charge >= 0.3 is 47.8 Å². The van der Waals surface area contributed by atoms with Crippen LogP contribution in [0.4, 0.5) is 0 Å². The molecule has 11 aromatic rings. The Kier molecular flexibility index (Phi) is 24.5. The summed E-state index contributed by atoms with van der Waals surface area (Å²) in [5.74, 6) is -5.51. The number of hydrogen-bond acceptors (Lipinski definition) is 26. The van der Waals surface area contributed by atoms with Crippen molar-refractivity contribution >= 4 is 47.8 Å². The molecular weight excluding hydrogens is 1440 g/mol. The number of ether oxygens (including phenoxy) is 14. The van der Waals surface area contributed by atoms with Crippen LogP contribution >= 0.6 is 0 Å². The predicted octanol–water partition coefficient (Wildman–Crippen LogP) is 11.3. The van der Waals surface area contributed by atoms with Gasteiger partial charge in [-0.05, 0) is 127 Å². The second kappa shape index (κ2) is 35.9. The van der Waals surface area contributed by atoms with E-state index in [1.807, 2.05) is 0 Å². The molecule has 0 N–H and O–H groups in total. The summed E-state index contributed by atoms with van der Waals surface area (Å²) in [5.41, 5.74) is 1.59. The molecule has 28 heteroatoms. The highest BCUT2D eigenvalue weighted by Gasteiger charge is 2.56. The Labute approximate surface area is 640 Å². The highest BCUT2D eigenvalue weighted by atomic mass is 16.7. The lowest BCUT2D eigenvalue weighted by atomic mass is 9.89. The van der Waals surface area contributed by atoms with E-state index in [1.165, 1.54) is 123 Å². The van der Waals surface area contributed by atoms with Gasteiger partial charge in [-0.2, -0.15) is 0 Å². The summed E-state index contributed by atoms with van der Waals surface area (Å²) in [7, 11) is 5.78. The summed E-state index contributed by atoms with van der Waals surface area (Å²) in [6.45, 7) is -1.44. The molecule has 2 saturated heterocycles. The average molecular weight is 1520 g/mol. The first kappa shape index (κ1) is 76.3. The van der Waals surface area contributed by atoms with E-state index >= 15 is 0 Å². The number of carbonyl (C=O) groups is 8. The van der Waals surface area contributed by atoms with E-state index in [2.05, 4.69) is 20.6 Å². The molecule has 2 aliphatic rings. The molecule has 10 atom stereocenters. The molecule has 0 spiro atoms. The van der Waals surface area contributed by atoms with E-state index < -0.39 is 122 Å². The molecule has 28 nitrogen and oxygen atoms in total. The number of rotatable bonds is 28. The van der Waals surface area contributed by atoms with Crippen molar-refractivity contribution in [2.75, 3.05) is 28.4 Å². The van der Waals surface area contributed by atoms with Crippen LogP contribution in [0.1, 0.15) is 118 Å². The maximum absolute atomic E-state index is 14.4. The van der Waals surface area contributed by atoms with Gasteiger partial charge < -0.3 is 66.3 Å². The molecule has 9 aromatic carbocycles. The van der Waals surface area contributed by atoms with Gasteiger partial charge in [0.1, 0.15) is 72.0 Å². The van der Waals surface area contributed by atoms with Crippen LogP contribution in [0.3, 0.4) is 0 Å². The van der Waals surface area contributed by atoms with Gasteiger partial charge in [-0.3, -0.25) is 0 Å². The summed E-state index contributed by atoms with van der Waals surface area (Å²) in [6.07, 6.45) is -11.8. The van der Waals surface area contributed by atoms with Gasteiger partial charge in [0.05, 0.1) is 98.4 Å². The number of carbonyl (C=O) groups excluding carboxylic acids is 8. The molecule has 4 heterocycles. The fourth-order valence-corrected chi connectivity index (χ4v) is 12.7. The molecular formula is C84H72N6O22. The molecule has 0 aliphatic carbocycles. The quantitative estimate of drug-likeness (QED) is 0.0325. The Hall–Kier alpha value is -13.9. The van der Waals surface area contributed by atoms with Crippen molar-refractivity contribution in [3.05, 3.63) is 322 Å². The van der Waals surface area contributed by atoms with Crippen LogP contribution in [0, 0.1) is 0 Å². The summed E-state index contributed by atoms with van der Waals surface area (Å²) < 4.78 is 89.1. The smallest absolute Gasteiger partial charge is 0.338 e. The molecule has 0 amide bonds. The van der Waals surface area contributed by atoms with Gasteiger partial charge in [-0.15, -0.1) is 10.2 Å². The van der Waals surface area contributed by atoms with Crippen LogP contribution in [-0.4, -0.2) is 155 Å². The maximum atomic E-state index is 14.4. The van der Waals surface area contributed by atoms with Crippen LogP contribution in [0.25, 0.3) is 0 Å². The van der Waals surface area contributed by atoms with Crippen LogP contribution in [-0.2, 0) is 73.7 Å². The molecule has 0 unspecified atom stereocenters. The van der Waals surface area contributed by atoms with E-state index in [0.717, 1.165) is 0 Å². The Bertz CT molecular complexity index is 4800. The van der Waals surface area contributed by atoms with E-state index in [4.69, 9.17) is 66.3 Å². The van der Waals surface area contributed by atoms with Crippen molar-refractivity contribution in [2.24, 2.45) is 0 Å². The van der Waals surface area contributed by atoms with Gasteiger partial charge in [0.2, 0.25) is 0 Å². The fraction of sp³-hybridized carbons (Fsp3) is 0.214. The predicted molar refractivity (Wildman–Crippen MR) is 393 cm³/mol. The molecule has 0 bridgehead atoms. The van der Waals surface area contributed by atoms with Crippen molar-refractivity contribution < 1.29 is 105 Å². The SMILES string of the molecule is COc1ccc(OC)c([C@@H]2O[C@H](Cn3cc(COC(=O)c4cccc(C(=O)OCc5cn(C[C@H]6O[C@@H](c7cc(OC)ccc7OC)[C@H](OC(=O)c7ccccc7)[C@@H](OC(=O)c7ccccc7)[C@H]6OC(=O)c6ccccc6)nn5)c4)nn3)[C@H](OC(=O)c3ccccc3)[C@H](OC(=O)c3ccccc3)[C@H]2OC(=O)c2ccccc2)c1. The Morgan fingerprint density at radius 1 is 0.312 bits per heavy atom. The number of aromatic nitrogens is 6. The number of methoxy groups -OCH3 is 4. The van der Waals surface area contributed by atoms with Gasteiger partial charge in [0.25, 0.3) is 0 Å². The molecule has 0 radical (unpaired) electrons. The standard InChI is InChI=1S/C84H72N6O22/c1-99-61-38-40-65(101-3)63(43-61)69-73(109-81(95)53-28-15-7-16-29-53)75(111-83(97)55-32-19-9-20-33-55)71(107-79(93)51-24-11-5-12-25-51)67(105-69)47-89-45-59(85-87-89)49-103-77(91)57-36-23-37-58(42-57)78(92)104-50-60-46-90(88-86-60)48-68-72(108-80(94)52-26-13-6-14-27-52)76(112-84(98)56-34-21-10-22-35-56)74(110-82(96)54-30-17-8-18-31-54)70(106-68)64-44-62(100-2)39-41-66(64)102-4/h5-46,67-76H,47-50H2,1-4H3/t67-,68-,69+,70+,71+,72+,73+,74+,75+,76+/m1/s1. The van der Waals surface area contributed by atoms with E-state index in [9.17, 15) is 38.4 Å². The monoisotopic (exact) mass is 1520 g/mol. The number of benzene rings is 9. The minimum Gasteiger partial charge on any atom is -0.497 e. The maximum Gasteiger partial charge on any atom is 0.338 e. The summed E-state index contributed by atoms with van der Waals surface area (Å²) in [4.78, 5) is 114. The lowest BCUT2D eigenvalue weighted by Gasteiger charge is -2.45. The van der Waals surface area contributed by atoms with Crippen molar-refractivity contribution in [3.8, 4) is 23.0 Å². The molecule has 2 fully saturated rings. The minimum absolute atomic E-state index is 0.0474. The first-order valence-electron chi connectivity index (χ1n) is 35.2. The van der Waals surface area contributed by atoms with E-state index in [0.29, 0.717) is 22.6 Å². The van der Waals surface area contributed by atoms with Crippen molar-refractivity contribution in [1.29, 1.82) is 0 Å². The lowest BCUT2D eigenvalue weighted by Crippen LogP contribution is -2.59. The zero-order valence-corrected chi connectivity index (χ0v) is 60.5. The third-order valence-corrected chi connectivity index (χ3v) is 18.2. The van der Waals surface area contributed by atoms with E-state index in [-0.39, 0.29) is 80.5 Å². The molecule has 0 saturated carbocycles. The van der Waals surface area contributed by atoms with Crippen molar-refractivity contribution in [1.82, 2.24) is 30.0 Å². The van der Waals surface area contributed by atoms with Gasteiger partial charge in [0, 0.05) is 11.1 Å². The largest absolute Gasteiger partial charge is 0.497 e. The third-order valence-electron chi connectivity index (χ3n) is 18.2. The van der Waals surface area contributed by atoms with Gasteiger partial charge in [-0.1, -0.05) is 126 Å². The second-order valence-corrected chi connectivity index (χ2v) is 25.4. The Morgan fingerprint density at radius 2 is 0.598 bits per heavy atom. The van der Waals surface area contributed by atoms with E-state index in [1.54, 1.807) is 170 Å². The second-order valence-electron chi connectivity index (χ2n) is 25.4. The molecule has 570 valence electrons. The van der Waals surface area contributed by atoms with Crippen LogP contribution in [0.15, 0.2) is 255 Å². The van der Waals surface area contributed by atoms with Gasteiger partial charge in [-0.25, -0.2) is 47.7 Å². The minimum atomic E-state index is -1.61. The molecule has 2 aromatic heterocycles. The summed E-state index contributed by atoms with van der Waals surface area (Å²) in [5, 5.41) is 17.2. The first-order valence-corrected chi connectivity index (χ1v) is 35.2. The third kappa shape index (κ3) is 18.3. The zero-order valence-electron chi connectivity index (χ0n) is 60.5. The zero-order chi connectivity index (χ0) is 78.0. The normalized spacial score (nSPS) is 19.1. The topological polar surface area (TPSA) is 327 Å². The first-order chi connectivity index (χ1) is 54.6. The number of hydrogen-bond donors (Lipinski definition) is 0. The highest BCUT2D eigenvalue weighted by Crippen LogP contribution is 2.45. The van der Waals surface area contributed by atoms with Crippen LogP contribution in [0.2, 0.25) is 0 Å². The van der Waals surface area contributed by atoms with Crippen molar-refractivity contribution in [2.45, 2.75) is 87.3 Å². The average Bonchev–Trinajstić information content (AvgIpc) is 0.772. The Morgan fingerprint density at radius 3 is 0.893 bits per heavy atom. The summed E-state index contributed by atoms with van der Waals surface area (Å²) in [6, 6.07) is 63.8. The van der Waals surface area contributed by atoms with Crippen molar-refractivity contribution in [3.63, 3.8) is 0 Å². The van der Waals surface area contributed by atoms with Crippen LogP contribution in [0.5, 0.6) is 23.0 Å². The molecule has 13 rings (SSSR count). The molecule has 2 aliphatic heterocycles. The van der Waals surface area contributed by atoms with Gasteiger partial charge in [0.15, 0.2) is 36.6 Å². The number of esters is 8. The molecule has 112 heavy (non-hydrogen) atoms. The fourth-order valence-electron chi connectivity index (χ4n) is 12.7. The summed E-state index contributed by atoms with van der Waals surface area (Å²) >= 11 is 0. The number of nitrogens with zero attached hydrogens (tertiary/aromatic N) is 6.